The molecule has 0 saturated heterocycles. The first-order valence-corrected chi connectivity index (χ1v) is 8.89. The van der Waals surface area contributed by atoms with Crippen molar-refractivity contribution in [3.05, 3.63) is 65.2 Å². The minimum Gasteiger partial charge on any atom is -0.483 e. The molecule has 0 aliphatic rings. The predicted molar refractivity (Wildman–Crippen MR) is 103 cm³/mol. The van der Waals surface area contributed by atoms with Gasteiger partial charge in [0, 0.05) is 0 Å². The summed E-state index contributed by atoms with van der Waals surface area (Å²) in [7, 11) is 0. The van der Waals surface area contributed by atoms with Crippen molar-refractivity contribution in [3.63, 3.8) is 0 Å². The molecule has 0 bridgehead atoms. The maximum absolute atomic E-state index is 12.4. The Morgan fingerprint density at radius 3 is 2.32 bits per heavy atom. The third-order valence-corrected chi connectivity index (χ3v) is 4.28. The van der Waals surface area contributed by atoms with Gasteiger partial charge in [-0.3, -0.25) is 4.79 Å². The van der Waals surface area contributed by atoms with Crippen molar-refractivity contribution in [2.24, 2.45) is 0 Å². The van der Waals surface area contributed by atoms with Gasteiger partial charge in [0.15, 0.2) is 6.61 Å². The van der Waals surface area contributed by atoms with Gasteiger partial charge in [0.1, 0.15) is 5.75 Å². The summed E-state index contributed by atoms with van der Waals surface area (Å²) in [6.45, 7) is 10.6. The van der Waals surface area contributed by atoms with Crippen LogP contribution < -0.4 is 10.1 Å². The quantitative estimate of drug-likeness (QED) is 0.809. The highest BCUT2D eigenvalue weighted by Gasteiger charge is 2.19. The lowest BCUT2D eigenvalue weighted by atomic mass is 9.86. The first kappa shape index (κ1) is 19.0. The van der Waals surface area contributed by atoms with Crippen molar-refractivity contribution >= 4 is 5.91 Å². The molecule has 1 atom stereocenters. The molecule has 1 amide bonds. The minimum atomic E-state index is -0.101. The number of benzene rings is 2. The summed E-state index contributed by atoms with van der Waals surface area (Å²) in [5, 5.41) is 3.07. The fourth-order valence-electron chi connectivity index (χ4n) is 2.81. The second-order valence-corrected chi connectivity index (χ2v) is 7.47. The molecule has 0 aliphatic heterocycles. The molecule has 0 aromatic heterocycles. The maximum Gasteiger partial charge on any atom is 0.258 e. The van der Waals surface area contributed by atoms with E-state index in [1.807, 2.05) is 24.3 Å². The summed E-state index contributed by atoms with van der Waals surface area (Å²) < 4.78 is 5.81. The zero-order valence-electron chi connectivity index (χ0n) is 15.9. The summed E-state index contributed by atoms with van der Waals surface area (Å²) in [6, 6.07) is 16.2. The predicted octanol–water partition coefficient (Wildman–Crippen LogP) is 4.94. The zero-order chi connectivity index (χ0) is 18.4. The number of nitrogens with one attached hydrogen (secondary N) is 1. The Hall–Kier alpha value is -2.29. The molecular weight excluding hydrogens is 310 g/mol. The number of carbonyl (C=O) groups is 1. The molecule has 0 aliphatic carbocycles. The van der Waals surface area contributed by atoms with Crippen molar-refractivity contribution < 1.29 is 9.53 Å². The topological polar surface area (TPSA) is 38.3 Å². The highest BCUT2D eigenvalue weighted by Crippen LogP contribution is 2.30. The molecule has 0 radical (unpaired) electrons. The van der Waals surface area contributed by atoms with E-state index in [0.29, 0.717) is 0 Å². The van der Waals surface area contributed by atoms with Gasteiger partial charge in [0.25, 0.3) is 5.91 Å². The van der Waals surface area contributed by atoms with Gasteiger partial charge in [-0.05, 0) is 36.0 Å². The van der Waals surface area contributed by atoms with Crippen LogP contribution in [0.25, 0.3) is 0 Å². The van der Waals surface area contributed by atoms with Crippen molar-refractivity contribution in [3.8, 4) is 5.75 Å². The summed E-state index contributed by atoms with van der Waals surface area (Å²) >= 11 is 0. The van der Waals surface area contributed by atoms with Crippen molar-refractivity contribution in [2.75, 3.05) is 6.61 Å². The number of ether oxygens (including phenoxy) is 1. The zero-order valence-corrected chi connectivity index (χ0v) is 15.9. The SMILES string of the molecule is CCC(NC(=O)COc1ccccc1C(C)(C)C)c1ccc(C)cc1. The van der Waals surface area contributed by atoms with Crippen LogP contribution in [0.4, 0.5) is 0 Å². The van der Waals surface area contributed by atoms with Crippen LogP contribution in [-0.4, -0.2) is 12.5 Å². The normalized spacial score (nSPS) is 12.5. The van der Waals surface area contributed by atoms with Crippen molar-refractivity contribution in [1.29, 1.82) is 0 Å². The second-order valence-electron chi connectivity index (χ2n) is 7.47. The lowest BCUT2D eigenvalue weighted by Gasteiger charge is -2.23. The van der Waals surface area contributed by atoms with E-state index in [2.05, 4.69) is 64.2 Å². The lowest BCUT2D eigenvalue weighted by Crippen LogP contribution is -2.32. The molecule has 1 N–H and O–H groups in total. The van der Waals surface area contributed by atoms with Crippen LogP contribution >= 0.6 is 0 Å². The average molecular weight is 339 g/mol. The molecule has 25 heavy (non-hydrogen) atoms. The Morgan fingerprint density at radius 2 is 1.72 bits per heavy atom. The number of hydrogen-bond donors (Lipinski definition) is 1. The van der Waals surface area contributed by atoms with Gasteiger partial charge in [-0.25, -0.2) is 0 Å². The van der Waals surface area contributed by atoms with Crippen LogP contribution in [0.3, 0.4) is 0 Å². The van der Waals surface area contributed by atoms with E-state index in [1.54, 1.807) is 0 Å². The van der Waals surface area contributed by atoms with Crippen LogP contribution in [0.5, 0.6) is 5.75 Å². The molecule has 3 heteroatoms. The largest absolute Gasteiger partial charge is 0.483 e. The fraction of sp³-hybridized carbons (Fsp3) is 0.409. The maximum atomic E-state index is 12.4. The van der Waals surface area contributed by atoms with Crippen molar-refractivity contribution in [1.82, 2.24) is 5.32 Å². The minimum absolute atomic E-state index is 0.00885. The van der Waals surface area contributed by atoms with E-state index in [1.165, 1.54) is 5.56 Å². The van der Waals surface area contributed by atoms with Gasteiger partial charge in [0.2, 0.25) is 0 Å². The third-order valence-electron chi connectivity index (χ3n) is 4.28. The molecule has 2 rings (SSSR count). The second kappa shape index (κ2) is 8.19. The third kappa shape index (κ3) is 5.35. The monoisotopic (exact) mass is 339 g/mol. The summed E-state index contributed by atoms with van der Waals surface area (Å²) in [6.07, 6.45) is 0.841. The van der Waals surface area contributed by atoms with Gasteiger partial charge in [-0.15, -0.1) is 0 Å². The van der Waals surface area contributed by atoms with E-state index in [4.69, 9.17) is 4.74 Å². The van der Waals surface area contributed by atoms with Crippen LogP contribution in [-0.2, 0) is 10.2 Å². The summed E-state index contributed by atoms with van der Waals surface area (Å²) in [4.78, 5) is 12.4. The lowest BCUT2D eigenvalue weighted by molar-refractivity contribution is -0.123. The van der Waals surface area contributed by atoms with Gasteiger partial charge in [0.05, 0.1) is 6.04 Å². The van der Waals surface area contributed by atoms with Crippen molar-refractivity contribution in [2.45, 2.75) is 52.5 Å². The standard InChI is InChI=1S/C22H29NO2/c1-6-19(17-13-11-16(2)12-14-17)23-21(24)15-25-20-10-8-7-9-18(20)22(3,4)5/h7-14,19H,6,15H2,1-5H3,(H,23,24). The Labute approximate surface area is 151 Å². The number of hydrogen-bond acceptors (Lipinski definition) is 2. The summed E-state index contributed by atoms with van der Waals surface area (Å²) in [5.74, 6) is 0.671. The Balaban J connectivity index is 2.00. The molecule has 0 heterocycles. The summed E-state index contributed by atoms with van der Waals surface area (Å²) in [5.41, 5.74) is 3.41. The van der Waals surface area contributed by atoms with E-state index in [0.717, 1.165) is 23.3 Å². The average Bonchev–Trinajstić information content (AvgIpc) is 2.58. The highest BCUT2D eigenvalue weighted by atomic mass is 16.5. The van der Waals surface area contributed by atoms with Crippen LogP contribution in [0.1, 0.15) is 56.8 Å². The number of rotatable bonds is 6. The van der Waals surface area contributed by atoms with Gasteiger partial charge < -0.3 is 10.1 Å². The molecule has 2 aromatic carbocycles. The van der Waals surface area contributed by atoms with Gasteiger partial charge in [-0.2, -0.15) is 0 Å². The molecule has 134 valence electrons. The van der Waals surface area contributed by atoms with Crippen LogP contribution in [0, 0.1) is 6.92 Å². The molecule has 0 saturated carbocycles. The molecule has 3 nitrogen and oxygen atoms in total. The number of amides is 1. The van der Waals surface area contributed by atoms with E-state index in [-0.39, 0.29) is 24.0 Å². The number of para-hydroxylation sites is 1. The molecule has 0 fully saturated rings. The van der Waals surface area contributed by atoms with E-state index in [9.17, 15) is 4.79 Å². The Bertz CT molecular complexity index is 699. The van der Waals surface area contributed by atoms with Crippen LogP contribution in [0.15, 0.2) is 48.5 Å². The van der Waals surface area contributed by atoms with Gasteiger partial charge >= 0.3 is 0 Å². The number of carbonyl (C=O) groups excluding carboxylic acids is 1. The molecular formula is C22H29NO2. The Morgan fingerprint density at radius 1 is 1.08 bits per heavy atom. The van der Waals surface area contributed by atoms with Gasteiger partial charge in [-0.1, -0.05) is 75.7 Å². The van der Waals surface area contributed by atoms with E-state index < -0.39 is 0 Å². The first-order chi connectivity index (χ1) is 11.8. The number of aryl methyl sites for hydroxylation is 1. The molecule has 1 unspecified atom stereocenters. The van der Waals surface area contributed by atoms with E-state index >= 15 is 0 Å². The fourth-order valence-corrected chi connectivity index (χ4v) is 2.81. The van der Waals surface area contributed by atoms with Crippen LogP contribution in [0.2, 0.25) is 0 Å². The molecule has 0 spiro atoms. The Kier molecular flexibility index (Phi) is 6.24. The smallest absolute Gasteiger partial charge is 0.258 e. The first-order valence-electron chi connectivity index (χ1n) is 8.89. The highest BCUT2D eigenvalue weighted by molar-refractivity contribution is 5.78. The molecule has 2 aromatic rings.